The van der Waals surface area contributed by atoms with E-state index in [1.165, 1.54) is 0 Å². The van der Waals surface area contributed by atoms with Crippen LogP contribution in [0.15, 0.2) is 48.5 Å². The summed E-state index contributed by atoms with van der Waals surface area (Å²) < 4.78 is 10.6. The average molecular weight is 270 g/mol. The molecular weight excluding hydrogens is 256 g/mol. The summed E-state index contributed by atoms with van der Waals surface area (Å²) >= 11 is 0. The predicted octanol–water partition coefficient (Wildman–Crippen LogP) is 2.83. The Morgan fingerprint density at radius 3 is 2.55 bits per heavy atom. The molecule has 1 heterocycles. The molecule has 1 aliphatic rings. The van der Waals surface area contributed by atoms with Crippen LogP contribution in [0.3, 0.4) is 0 Å². The third-order valence-corrected chi connectivity index (χ3v) is 3.16. The molecule has 0 amide bonds. The van der Waals surface area contributed by atoms with Gasteiger partial charge in [0, 0.05) is 0 Å². The molecule has 102 valence electrons. The van der Waals surface area contributed by atoms with Crippen LogP contribution in [-0.2, 0) is 4.74 Å². The molecule has 0 bridgehead atoms. The van der Waals surface area contributed by atoms with Crippen molar-refractivity contribution >= 4 is 5.97 Å². The van der Waals surface area contributed by atoms with Gasteiger partial charge in [0.05, 0.1) is 12.2 Å². The summed E-state index contributed by atoms with van der Waals surface area (Å²) in [6.07, 6.45) is 0.224. The summed E-state index contributed by atoms with van der Waals surface area (Å²) in [5.74, 6) is -0.163. The Morgan fingerprint density at radius 2 is 1.90 bits per heavy atom. The summed E-state index contributed by atoms with van der Waals surface area (Å²) in [6, 6.07) is 14.4. The monoisotopic (exact) mass is 270 g/mol. The topological polar surface area (TPSA) is 59.1 Å². The fourth-order valence-corrected chi connectivity index (χ4v) is 2.01. The van der Waals surface area contributed by atoms with Crippen molar-refractivity contribution < 1.29 is 19.4 Å². The third-order valence-electron chi connectivity index (χ3n) is 3.16. The highest BCUT2D eigenvalue weighted by atomic mass is 16.6. The van der Waals surface area contributed by atoms with E-state index in [1.54, 1.807) is 18.2 Å². The van der Waals surface area contributed by atoms with Gasteiger partial charge in [-0.1, -0.05) is 30.3 Å². The smallest absolute Gasteiger partial charge is 0.336 e. The Bertz CT molecular complexity index is 615. The van der Waals surface area contributed by atoms with Crippen molar-refractivity contribution in [2.45, 2.75) is 6.10 Å². The third kappa shape index (κ3) is 2.81. The SMILES string of the molecule is O=C(O)c1ccccc1-c1ccc(OCC2CO2)cc1. The minimum Gasteiger partial charge on any atom is -0.491 e. The van der Waals surface area contributed by atoms with E-state index in [1.807, 2.05) is 30.3 Å². The molecule has 1 unspecified atom stereocenters. The number of aromatic carboxylic acids is 1. The van der Waals surface area contributed by atoms with E-state index in [2.05, 4.69) is 0 Å². The molecular formula is C16H14O4. The van der Waals surface area contributed by atoms with Crippen LogP contribution in [0.4, 0.5) is 0 Å². The van der Waals surface area contributed by atoms with Gasteiger partial charge in [-0.15, -0.1) is 0 Å². The van der Waals surface area contributed by atoms with Crippen molar-refractivity contribution in [1.29, 1.82) is 0 Å². The van der Waals surface area contributed by atoms with Crippen molar-refractivity contribution in [2.75, 3.05) is 13.2 Å². The van der Waals surface area contributed by atoms with Crippen molar-refractivity contribution in [3.8, 4) is 16.9 Å². The standard InChI is InChI=1S/C16H14O4/c17-16(18)15-4-2-1-3-14(15)11-5-7-12(8-6-11)19-9-13-10-20-13/h1-8,13H,9-10H2,(H,17,18). The van der Waals surface area contributed by atoms with E-state index in [0.717, 1.165) is 17.9 Å². The van der Waals surface area contributed by atoms with E-state index in [4.69, 9.17) is 9.47 Å². The lowest BCUT2D eigenvalue weighted by Crippen LogP contribution is -2.03. The quantitative estimate of drug-likeness (QED) is 0.849. The number of ether oxygens (including phenoxy) is 2. The van der Waals surface area contributed by atoms with Crippen molar-refractivity contribution in [1.82, 2.24) is 0 Å². The molecule has 2 aromatic carbocycles. The Labute approximate surface area is 116 Å². The zero-order valence-corrected chi connectivity index (χ0v) is 10.8. The Kier molecular flexibility index (Phi) is 3.39. The van der Waals surface area contributed by atoms with Gasteiger partial charge in [-0.2, -0.15) is 0 Å². The maximum Gasteiger partial charge on any atom is 0.336 e. The molecule has 0 aromatic heterocycles. The van der Waals surface area contributed by atoms with Crippen LogP contribution in [0, 0.1) is 0 Å². The van der Waals surface area contributed by atoms with Gasteiger partial charge < -0.3 is 14.6 Å². The Balaban J connectivity index is 1.81. The number of benzene rings is 2. The lowest BCUT2D eigenvalue weighted by molar-refractivity contribution is 0.0697. The second kappa shape index (κ2) is 5.35. The first-order valence-corrected chi connectivity index (χ1v) is 6.41. The summed E-state index contributed by atoms with van der Waals surface area (Å²) in [7, 11) is 0. The molecule has 1 N–H and O–H groups in total. The van der Waals surface area contributed by atoms with Gasteiger partial charge in [0.2, 0.25) is 0 Å². The minimum absolute atomic E-state index is 0.224. The number of carboxylic acid groups (broad SMARTS) is 1. The number of carbonyl (C=O) groups is 1. The van der Waals surface area contributed by atoms with Crippen LogP contribution in [0.25, 0.3) is 11.1 Å². The zero-order valence-electron chi connectivity index (χ0n) is 10.8. The van der Waals surface area contributed by atoms with Crippen LogP contribution in [0.5, 0.6) is 5.75 Å². The van der Waals surface area contributed by atoms with Gasteiger partial charge in [-0.05, 0) is 29.3 Å². The Morgan fingerprint density at radius 1 is 1.20 bits per heavy atom. The maximum absolute atomic E-state index is 11.2. The molecule has 2 aromatic rings. The Hall–Kier alpha value is -2.33. The van der Waals surface area contributed by atoms with Crippen molar-refractivity contribution in [3.05, 3.63) is 54.1 Å². The first-order chi connectivity index (χ1) is 9.74. The normalized spacial score (nSPS) is 16.7. The van der Waals surface area contributed by atoms with Gasteiger partial charge in [0.1, 0.15) is 18.5 Å². The summed E-state index contributed by atoms with van der Waals surface area (Å²) in [5.41, 5.74) is 1.86. The van der Waals surface area contributed by atoms with Gasteiger partial charge in [0.25, 0.3) is 0 Å². The molecule has 1 saturated heterocycles. The number of rotatable bonds is 5. The van der Waals surface area contributed by atoms with E-state index in [0.29, 0.717) is 17.7 Å². The van der Waals surface area contributed by atoms with Gasteiger partial charge in [-0.3, -0.25) is 0 Å². The molecule has 3 rings (SSSR count). The van der Waals surface area contributed by atoms with Crippen LogP contribution in [0.1, 0.15) is 10.4 Å². The molecule has 0 radical (unpaired) electrons. The van der Waals surface area contributed by atoms with E-state index in [-0.39, 0.29) is 6.10 Å². The lowest BCUT2D eigenvalue weighted by atomic mass is 10.00. The van der Waals surface area contributed by atoms with Crippen molar-refractivity contribution in [2.24, 2.45) is 0 Å². The lowest BCUT2D eigenvalue weighted by Gasteiger charge is -2.08. The molecule has 4 heteroatoms. The maximum atomic E-state index is 11.2. The van der Waals surface area contributed by atoms with Crippen LogP contribution < -0.4 is 4.74 Å². The van der Waals surface area contributed by atoms with Gasteiger partial charge in [-0.25, -0.2) is 4.79 Å². The minimum atomic E-state index is -0.924. The number of hydrogen-bond acceptors (Lipinski definition) is 3. The largest absolute Gasteiger partial charge is 0.491 e. The van der Waals surface area contributed by atoms with E-state index >= 15 is 0 Å². The molecule has 4 nitrogen and oxygen atoms in total. The molecule has 1 atom stereocenters. The fraction of sp³-hybridized carbons (Fsp3) is 0.188. The molecule has 1 fully saturated rings. The second-order valence-electron chi connectivity index (χ2n) is 4.64. The predicted molar refractivity (Wildman–Crippen MR) is 74.1 cm³/mol. The highest BCUT2D eigenvalue weighted by Crippen LogP contribution is 2.26. The highest BCUT2D eigenvalue weighted by Gasteiger charge is 2.23. The summed E-state index contributed by atoms with van der Waals surface area (Å²) in [6.45, 7) is 1.33. The zero-order chi connectivity index (χ0) is 13.9. The summed E-state index contributed by atoms with van der Waals surface area (Å²) in [4.78, 5) is 11.2. The van der Waals surface area contributed by atoms with Crippen molar-refractivity contribution in [3.63, 3.8) is 0 Å². The molecule has 20 heavy (non-hydrogen) atoms. The number of carboxylic acids is 1. The molecule has 0 saturated carbocycles. The molecule has 1 aliphatic heterocycles. The van der Waals surface area contributed by atoms with Crippen LogP contribution in [-0.4, -0.2) is 30.4 Å². The fourth-order valence-electron chi connectivity index (χ4n) is 2.01. The second-order valence-corrected chi connectivity index (χ2v) is 4.64. The molecule has 0 aliphatic carbocycles. The molecule has 0 spiro atoms. The first-order valence-electron chi connectivity index (χ1n) is 6.41. The average Bonchev–Trinajstić information content (AvgIpc) is 3.30. The van der Waals surface area contributed by atoms with Crippen LogP contribution in [0.2, 0.25) is 0 Å². The van der Waals surface area contributed by atoms with Crippen LogP contribution >= 0.6 is 0 Å². The first kappa shape index (κ1) is 12.7. The number of epoxide rings is 1. The van der Waals surface area contributed by atoms with E-state index in [9.17, 15) is 9.90 Å². The van der Waals surface area contributed by atoms with E-state index < -0.39 is 5.97 Å². The van der Waals surface area contributed by atoms with Gasteiger partial charge >= 0.3 is 5.97 Å². The number of hydrogen-bond donors (Lipinski definition) is 1. The van der Waals surface area contributed by atoms with Gasteiger partial charge in [0.15, 0.2) is 0 Å². The highest BCUT2D eigenvalue weighted by molar-refractivity contribution is 5.96. The summed E-state index contributed by atoms with van der Waals surface area (Å²) in [5, 5.41) is 9.20.